The molecular formula is C8H21NO3+. The first kappa shape index (κ1) is 14.4. The van der Waals surface area contributed by atoms with Gasteiger partial charge in [0.25, 0.3) is 0 Å². The Hall–Kier alpha value is -0.160. The van der Waals surface area contributed by atoms with Crippen LogP contribution in [0, 0.1) is 7.43 Å². The van der Waals surface area contributed by atoms with E-state index >= 15 is 0 Å². The van der Waals surface area contributed by atoms with Gasteiger partial charge in [0, 0.05) is 20.8 Å². The zero-order valence-corrected chi connectivity index (χ0v) is 8.52. The maximum absolute atomic E-state index is 9.26. The Morgan fingerprint density at radius 2 is 1.00 bits per heavy atom. The SMILES string of the molecule is CC(O)[N+](C)(C(C)O)C(C)O.[CH3]. The lowest BCUT2D eigenvalue weighted by Crippen LogP contribution is -2.61. The molecule has 12 heavy (non-hydrogen) atoms. The Morgan fingerprint density at radius 3 is 1.00 bits per heavy atom. The molecule has 0 spiro atoms. The third kappa shape index (κ3) is 2.42. The molecule has 1 radical (unpaired) electrons. The van der Waals surface area contributed by atoms with Crippen molar-refractivity contribution in [2.75, 3.05) is 7.05 Å². The average molecular weight is 179 g/mol. The molecule has 0 heterocycles. The smallest absolute Gasteiger partial charge is 0.191 e. The van der Waals surface area contributed by atoms with Gasteiger partial charge in [-0.1, -0.05) is 7.43 Å². The molecule has 3 unspecified atom stereocenters. The van der Waals surface area contributed by atoms with Gasteiger partial charge in [0.2, 0.25) is 0 Å². The van der Waals surface area contributed by atoms with Gasteiger partial charge >= 0.3 is 0 Å². The van der Waals surface area contributed by atoms with Crippen LogP contribution in [-0.4, -0.2) is 45.5 Å². The van der Waals surface area contributed by atoms with Crippen LogP contribution in [-0.2, 0) is 0 Å². The molecule has 4 nitrogen and oxygen atoms in total. The largest absolute Gasteiger partial charge is 0.345 e. The van der Waals surface area contributed by atoms with E-state index in [9.17, 15) is 15.3 Å². The van der Waals surface area contributed by atoms with E-state index in [1.807, 2.05) is 0 Å². The van der Waals surface area contributed by atoms with E-state index in [1.54, 1.807) is 27.8 Å². The number of quaternary nitrogens is 1. The Morgan fingerprint density at radius 1 is 0.833 bits per heavy atom. The van der Waals surface area contributed by atoms with Gasteiger partial charge in [-0.15, -0.1) is 0 Å². The molecule has 0 aliphatic rings. The summed E-state index contributed by atoms with van der Waals surface area (Å²) in [4.78, 5) is 0. The summed E-state index contributed by atoms with van der Waals surface area (Å²) in [5.74, 6) is 0. The molecule has 0 rings (SSSR count). The van der Waals surface area contributed by atoms with Crippen LogP contribution in [0.15, 0.2) is 0 Å². The predicted octanol–water partition coefficient (Wildman–Crippen LogP) is -0.102. The fraction of sp³-hybridized carbons (Fsp3) is 0.875. The van der Waals surface area contributed by atoms with Crippen LogP contribution in [0.4, 0.5) is 0 Å². The molecule has 0 aliphatic heterocycles. The van der Waals surface area contributed by atoms with Crippen molar-refractivity contribution in [3.05, 3.63) is 7.43 Å². The van der Waals surface area contributed by atoms with Crippen molar-refractivity contribution in [1.82, 2.24) is 0 Å². The molecule has 0 saturated carbocycles. The molecule has 0 amide bonds. The van der Waals surface area contributed by atoms with Gasteiger partial charge in [-0.25, -0.2) is 0 Å². The van der Waals surface area contributed by atoms with Gasteiger partial charge in [0.1, 0.15) is 0 Å². The molecule has 0 saturated heterocycles. The summed E-state index contributed by atoms with van der Waals surface area (Å²) < 4.78 is -0.167. The van der Waals surface area contributed by atoms with Crippen molar-refractivity contribution in [3.63, 3.8) is 0 Å². The summed E-state index contributed by atoms with van der Waals surface area (Å²) in [5, 5.41) is 27.8. The minimum absolute atomic E-state index is 0. The van der Waals surface area contributed by atoms with Crippen LogP contribution < -0.4 is 0 Å². The van der Waals surface area contributed by atoms with Gasteiger partial charge < -0.3 is 15.3 Å². The van der Waals surface area contributed by atoms with E-state index in [0.29, 0.717) is 0 Å². The van der Waals surface area contributed by atoms with E-state index in [-0.39, 0.29) is 11.9 Å². The highest BCUT2D eigenvalue weighted by Crippen LogP contribution is 2.16. The summed E-state index contributed by atoms with van der Waals surface area (Å²) >= 11 is 0. The van der Waals surface area contributed by atoms with Crippen molar-refractivity contribution in [3.8, 4) is 0 Å². The number of aliphatic hydroxyl groups is 3. The van der Waals surface area contributed by atoms with Crippen molar-refractivity contribution in [1.29, 1.82) is 0 Å². The molecule has 0 aliphatic carbocycles. The van der Waals surface area contributed by atoms with Gasteiger partial charge in [-0.2, -0.15) is 0 Å². The summed E-state index contributed by atoms with van der Waals surface area (Å²) in [7, 11) is 1.60. The number of rotatable bonds is 3. The second kappa shape index (κ2) is 4.77. The van der Waals surface area contributed by atoms with Gasteiger partial charge in [0.05, 0.1) is 7.05 Å². The highest BCUT2D eigenvalue weighted by Gasteiger charge is 2.37. The monoisotopic (exact) mass is 179 g/mol. The summed E-state index contributed by atoms with van der Waals surface area (Å²) in [5.41, 5.74) is 0. The summed E-state index contributed by atoms with van der Waals surface area (Å²) in [6, 6.07) is 0. The molecule has 0 aromatic heterocycles. The first-order chi connectivity index (χ1) is 4.83. The van der Waals surface area contributed by atoms with Crippen LogP contribution in [0.25, 0.3) is 0 Å². The topological polar surface area (TPSA) is 60.7 Å². The molecule has 4 heteroatoms. The molecule has 0 bridgehead atoms. The summed E-state index contributed by atoms with van der Waals surface area (Å²) in [6.45, 7) is 4.62. The van der Waals surface area contributed by atoms with Crippen molar-refractivity contribution in [2.45, 2.75) is 39.5 Å². The normalized spacial score (nSPS) is 23.2. The van der Waals surface area contributed by atoms with E-state index in [1.165, 1.54) is 0 Å². The van der Waals surface area contributed by atoms with E-state index in [0.717, 1.165) is 0 Å². The van der Waals surface area contributed by atoms with Crippen LogP contribution in [0.5, 0.6) is 0 Å². The van der Waals surface area contributed by atoms with Crippen LogP contribution in [0.1, 0.15) is 20.8 Å². The Labute approximate surface area is 74.7 Å². The molecule has 0 fully saturated rings. The first-order valence-electron chi connectivity index (χ1n) is 3.73. The number of hydrogen-bond donors (Lipinski definition) is 3. The lowest BCUT2D eigenvalue weighted by Gasteiger charge is -2.41. The highest BCUT2D eigenvalue weighted by molar-refractivity contribution is 4.40. The van der Waals surface area contributed by atoms with Crippen LogP contribution >= 0.6 is 0 Å². The van der Waals surface area contributed by atoms with Gasteiger partial charge in [0.15, 0.2) is 18.7 Å². The lowest BCUT2D eigenvalue weighted by molar-refractivity contribution is -1.03. The van der Waals surface area contributed by atoms with Crippen molar-refractivity contribution >= 4 is 0 Å². The molecular weight excluding hydrogens is 158 g/mol. The van der Waals surface area contributed by atoms with Gasteiger partial charge in [-0.3, -0.25) is 4.48 Å². The van der Waals surface area contributed by atoms with E-state index < -0.39 is 18.7 Å². The molecule has 0 aromatic carbocycles. The third-order valence-corrected chi connectivity index (χ3v) is 2.42. The van der Waals surface area contributed by atoms with Gasteiger partial charge in [-0.05, 0) is 0 Å². The molecule has 3 atom stereocenters. The quantitative estimate of drug-likeness (QED) is 0.419. The predicted molar refractivity (Wildman–Crippen MR) is 47.6 cm³/mol. The molecule has 75 valence electrons. The second-order valence-electron chi connectivity index (χ2n) is 3.12. The van der Waals surface area contributed by atoms with Crippen LogP contribution in [0.3, 0.4) is 0 Å². The maximum Gasteiger partial charge on any atom is 0.191 e. The zero-order chi connectivity index (χ0) is 9.23. The average Bonchev–Trinajstić information content (AvgIpc) is 1.84. The zero-order valence-electron chi connectivity index (χ0n) is 8.52. The van der Waals surface area contributed by atoms with E-state index in [2.05, 4.69) is 0 Å². The summed E-state index contributed by atoms with van der Waals surface area (Å²) in [6.07, 6.45) is -2.35. The first-order valence-corrected chi connectivity index (χ1v) is 3.73. The minimum atomic E-state index is -0.782. The molecule has 0 aromatic rings. The number of aliphatic hydroxyl groups excluding tert-OH is 3. The van der Waals surface area contributed by atoms with Crippen LogP contribution in [0.2, 0.25) is 0 Å². The number of hydrogen-bond acceptors (Lipinski definition) is 3. The second-order valence-corrected chi connectivity index (χ2v) is 3.12. The third-order valence-electron chi connectivity index (χ3n) is 2.42. The fourth-order valence-corrected chi connectivity index (χ4v) is 0.937. The Kier molecular flexibility index (Phi) is 5.71. The minimum Gasteiger partial charge on any atom is -0.345 e. The fourth-order valence-electron chi connectivity index (χ4n) is 0.937. The molecule has 3 N–H and O–H groups in total. The van der Waals surface area contributed by atoms with E-state index in [4.69, 9.17) is 0 Å². The standard InChI is InChI=1S/C7H18NO3.CH3/c1-5(9)8(4,6(2)10)7(3)11;/h5-7,9-11H,1-4H3;1H3/q+1;. The maximum atomic E-state index is 9.26. The highest BCUT2D eigenvalue weighted by atomic mass is 16.4. The Bertz CT molecular complexity index is 102. The number of nitrogens with zero attached hydrogens (tertiary/aromatic N) is 1. The lowest BCUT2D eigenvalue weighted by atomic mass is 10.3. The Balaban J connectivity index is 0. The van der Waals surface area contributed by atoms with Crippen molar-refractivity contribution in [2.24, 2.45) is 0 Å². The van der Waals surface area contributed by atoms with Crippen molar-refractivity contribution < 1.29 is 19.8 Å².